The Morgan fingerprint density at radius 2 is 0.511 bits per heavy atom. The molecule has 6 unspecified atom stereocenters. The minimum Gasteiger partial charge on any atom is -0.429 e. The summed E-state index contributed by atoms with van der Waals surface area (Å²) in [5, 5.41) is 2.64. The summed E-state index contributed by atoms with van der Waals surface area (Å²) in [5.41, 5.74) is 15.2. The van der Waals surface area contributed by atoms with E-state index in [-0.39, 0.29) is 105 Å². The van der Waals surface area contributed by atoms with Crippen LogP contribution >= 0.6 is 0 Å². The van der Waals surface area contributed by atoms with Crippen LogP contribution in [0.25, 0.3) is 27.5 Å². The molecule has 6 aromatic carbocycles. The van der Waals surface area contributed by atoms with Gasteiger partial charge in [0.05, 0.1) is 0 Å². The van der Waals surface area contributed by atoms with Gasteiger partial charge in [-0.15, -0.1) is 63.3 Å². The topological polar surface area (TPSA) is 153 Å². The monoisotopic (exact) mass is 2670 g/mol. The van der Waals surface area contributed by atoms with Gasteiger partial charge in [0.15, 0.2) is 0 Å². The molecule has 23 rings (SSSR count). The van der Waals surface area contributed by atoms with Crippen molar-refractivity contribution in [3.63, 3.8) is 0 Å². The van der Waals surface area contributed by atoms with E-state index in [2.05, 4.69) is 268 Å². The minimum absolute atomic E-state index is 0. The van der Waals surface area contributed by atoms with Crippen LogP contribution in [0.4, 0.5) is 0 Å². The molecule has 0 spiro atoms. The minimum atomic E-state index is 0. The largest absolute Gasteiger partial charge is 4.00 e. The molecule has 17 heterocycles. The molecule has 10 saturated heterocycles. The molecule has 10 aliphatic heterocycles. The van der Waals surface area contributed by atoms with E-state index in [0.29, 0.717) is 0 Å². The molecular weight excluding hydrogens is 2550 g/mol. The van der Waals surface area contributed by atoms with Crippen molar-refractivity contribution in [1.29, 1.82) is 0 Å². The first kappa shape index (κ1) is 102. The summed E-state index contributed by atoms with van der Waals surface area (Å²) in [6.07, 6.45) is 22.4. The van der Waals surface area contributed by atoms with Crippen molar-refractivity contribution in [3.05, 3.63) is 349 Å². The average molecular weight is 2670 g/mol. The number of likely N-dealkylation sites (tertiary alicyclic amines) is 10. The summed E-state index contributed by atoms with van der Waals surface area (Å²) < 4.78 is 2.44. The number of benzene rings is 6. The van der Waals surface area contributed by atoms with E-state index in [1.807, 2.05) is 85.3 Å². The van der Waals surface area contributed by atoms with Crippen LogP contribution in [0.15, 0.2) is 232 Å². The summed E-state index contributed by atoms with van der Waals surface area (Å²) in [6.45, 7) is 33.0. The molecule has 10 fully saturated rings. The first-order chi connectivity index (χ1) is 63.2. The Morgan fingerprint density at radius 1 is 0.233 bits per heavy atom. The number of hydrogen-bond donors (Lipinski definition) is 0. The van der Waals surface area contributed by atoms with Crippen LogP contribution in [0, 0.1) is 120 Å². The number of nitrogens with zero attached hydrogens (tertiary/aromatic N) is 20. The van der Waals surface area contributed by atoms with Crippen LogP contribution in [-0.2, 0) is 171 Å². The number of para-hydroxylation sites is 2. The molecule has 0 saturated carbocycles. The summed E-state index contributed by atoms with van der Waals surface area (Å²) in [5.74, 6) is 7.56. The third-order valence-corrected chi connectivity index (χ3v) is 27.3. The average Bonchev–Trinajstić information content (AvgIpc) is 1.58. The van der Waals surface area contributed by atoms with E-state index >= 15 is 0 Å². The quantitative estimate of drug-likeness (QED) is 0.0626. The van der Waals surface area contributed by atoms with Gasteiger partial charge in [-0.25, -0.2) is 36.4 Å². The van der Waals surface area contributed by atoms with E-state index in [4.69, 9.17) is 0 Å². The zero-order chi connectivity index (χ0) is 85.8. The van der Waals surface area contributed by atoms with Crippen molar-refractivity contribution in [2.24, 2.45) is 59.2 Å². The van der Waals surface area contributed by atoms with E-state index in [1.54, 1.807) is 37.6 Å². The third kappa shape index (κ3) is 29.2. The van der Waals surface area contributed by atoms with Gasteiger partial charge in [-0.3, -0.25) is 74.3 Å². The van der Waals surface area contributed by atoms with Crippen molar-refractivity contribution < 1.29 is 105 Å². The maximum atomic E-state index is 4.43. The molecule has 6 atom stereocenters. The standard InChI is InChI=1S/C33H31N3.C20H23N3.2C19H22N4.C17H20N6.5Pt/c1-3-10-25(11-4-1)19-34-20-26-18-27(21-34)23-35(22-26)24-28-12-9-16-31-30-15-7-8-17-32(30)36(33(28)31)29-13-5-2-6-14-29;1-2-6-17(7-3-1)11-22-12-18-10-19(13-22)15-23(14-18)16-20-8-4-5-9-21-20;1-3-7-20-18(5-1)14-22-10-16-9-17(11-22)13-23(12-16)15-19-6-2-4-8-21-19;1-2-4-16(5-3-1)9-22-10-17-8-18(11-22)13-23(12-17)14-19-6-7-20-15-21-19;1-3-18-12-20-16(1)10-22-6-14-5-15(7-22)9-23(8-14)11-17-2-4-19-13-21-17;;;;;/h1-10,13-17,26-27H,18-24H2;1-6,9,18-19H,10-16H2;1-4,7-8,16-17H,9-15H2;1-4,7,15,17-18H,8-14H2;3-4,12-15H,5-11H2;;;;;/q5*-2;5*+4. The second-order valence-corrected chi connectivity index (χ2v) is 37.9. The Balaban J connectivity index is 0.000000134. The number of piperidine rings is 10. The van der Waals surface area contributed by atoms with Crippen molar-refractivity contribution in [3.8, 4) is 5.69 Å². The fraction of sp³-hybridized carbons (Fsp3) is 0.417. The predicted octanol–water partition coefficient (Wildman–Crippen LogP) is 13.8. The Kier molecular flexibility index (Phi) is 39.4. The van der Waals surface area contributed by atoms with Gasteiger partial charge in [0.2, 0.25) is 0 Å². The van der Waals surface area contributed by atoms with Gasteiger partial charge in [0.1, 0.15) is 19.0 Å². The van der Waals surface area contributed by atoms with Crippen LogP contribution in [0.3, 0.4) is 0 Å². The molecule has 10 bridgehead atoms. The number of fused-ring (bicyclic) bond motifs is 13. The Hall–Kier alpha value is -7.15. The summed E-state index contributed by atoms with van der Waals surface area (Å²) in [6, 6.07) is 93.7. The smallest absolute Gasteiger partial charge is 0.429 e. The van der Waals surface area contributed by atoms with Gasteiger partial charge in [-0.2, -0.15) is 127 Å². The van der Waals surface area contributed by atoms with Crippen LogP contribution in [0.5, 0.6) is 0 Å². The van der Waals surface area contributed by atoms with Gasteiger partial charge in [0, 0.05) is 208 Å². The van der Waals surface area contributed by atoms with Gasteiger partial charge >= 0.3 is 105 Å². The van der Waals surface area contributed by atoms with E-state index in [9.17, 15) is 0 Å². The number of rotatable bonds is 21. The van der Waals surface area contributed by atoms with E-state index < -0.39 is 0 Å². The fourth-order valence-corrected chi connectivity index (χ4v) is 23.0. The molecular formula is C108H118N20Pt5+10. The second kappa shape index (κ2) is 51.5. The van der Waals surface area contributed by atoms with Crippen molar-refractivity contribution in [2.75, 3.05) is 131 Å². The maximum absolute atomic E-state index is 4.43. The van der Waals surface area contributed by atoms with Crippen molar-refractivity contribution >= 4 is 21.8 Å². The SMILES string of the molecule is [Pt+4].[Pt+4].[Pt+4].[Pt+4].[Pt+4].[c-]1ccccc1CN1CC2CC(C1)CN(Cc1[c-]ccc3c4ccccc4n(-c4ccccc4)c13)C2.[c-]1ccccc1CN1CC2CC(C1)CN(Cc1[c-]cccn1)C2.[c-]1ccccc1CN1CC2CC(C1)CN(Cc1[c-]cncn1)C2.[c-]1cccnc1CN1CC2CC(C1)CN(Cc1[c-]cccn1)C2.[c-]1cncnc1CN1CC2CC(C1)CN(Cc1[c-]cncn1)C2. The van der Waals surface area contributed by atoms with Crippen LogP contribution in [-0.4, -0.2) is 229 Å². The summed E-state index contributed by atoms with van der Waals surface area (Å²) in [7, 11) is 0. The molecule has 7 aromatic heterocycles. The molecule has 133 heavy (non-hydrogen) atoms. The van der Waals surface area contributed by atoms with Crippen LogP contribution in [0.2, 0.25) is 0 Å². The van der Waals surface area contributed by atoms with Crippen molar-refractivity contribution in [2.45, 2.75) is 97.6 Å². The predicted molar refractivity (Wildman–Crippen MR) is 498 cm³/mol. The molecule has 0 radical (unpaired) electrons. The van der Waals surface area contributed by atoms with E-state index in [0.717, 1.165) is 185 Å². The maximum Gasteiger partial charge on any atom is 4.00 e. The molecule has 20 nitrogen and oxygen atoms in total. The van der Waals surface area contributed by atoms with Gasteiger partial charge in [-0.1, -0.05) is 60.5 Å². The van der Waals surface area contributed by atoms with Gasteiger partial charge in [0.25, 0.3) is 0 Å². The molecule has 690 valence electrons. The number of pyridine rings is 3. The van der Waals surface area contributed by atoms with Crippen LogP contribution < -0.4 is 0 Å². The first-order valence-corrected chi connectivity index (χ1v) is 46.7. The molecule has 13 aromatic rings. The van der Waals surface area contributed by atoms with Crippen molar-refractivity contribution in [1.82, 2.24) is 98.4 Å². The van der Waals surface area contributed by atoms with Crippen LogP contribution in [0.1, 0.15) is 88.5 Å². The molecule has 25 heteroatoms. The molecule has 0 amide bonds. The Labute approximate surface area is 860 Å². The first-order valence-electron chi connectivity index (χ1n) is 46.7. The summed E-state index contributed by atoms with van der Waals surface area (Å²) >= 11 is 0. The Bertz CT molecular complexity index is 4780. The second-order valence-electron chi connectivity index (χ2n) is 37.9. The summed E-state index contributed by atoms with van der Waals surface area (Å²) in [4.78, 5) is 63.9. The number of hydrogen-bond acceptors (Lipinski definition) is 19. The normalized spacial score (nSPS) is 23.2. The molecule has 10 aliphatic rings. The zero-order valence-corrected chi connectivity index (χ0v) is 86.8. The molecule has 0 aliphatic carbocycles. The Morgan fingerprint density at radius 3 is 0.797 bits per heavy atom. The zero-order valence-electron chi connectivity index (χ0n) is 75.5. The van der Waals surface area contributed by atoms with Gasteiger partial charge in [-0.05, 0) is 132 Å². The molecule has 0 N–H and O–H groups in total. The van der Waals surface area contributed by atoms with E-state index in [1.165, 1.54) is 187 Å². The van der Waals surface area contributed by atoms with Gasteiger partial charge < -0.3 is 42.4 Å². The third-order valence-electron chi connectivity index (χ3n) is 27.3. The number of aromatic nitrogens is 10. The fourth-order valence-electron chi connectivity index (χ4n) is 23.0.